The topological polar surface area (TPSA) is 84.7 Å². The zero-order valence-electron chi connectivity index (χ0n) is 17.0. The Morgan fingerprint density at radius 2 is 2.15 bits per heavy atom. The van der Waals surface area contributed by atoms with Crippen LogP contribution in [0.5, 0.6) is 0 Å². The van der Waals surface area contributed by atoms with Gasteiger partial charge in [0.05, 0.1) is 5.69 Å². The van der Waals surface area contributed by atoms with E-state index < -0.39 is 14.2 Å². The summed E-state index contributed by atoms with van der Waals surface area (Å²) < 4.78 is 7.86. The van der Waals surface area contributed by atoms with Crippen molar-refractivity contribution in [3.63, 3.8) is 0 Å². The molecule has 1 fully saturated rings. The first-order chi connectivity index (χ1) is 12.7. The van der Waals surface area contributed by atoms with Crippen LogP contribution in [0, 0.1) is 5.92 Å². The Morgan fingerprint density at radius 3 is 2.78 bits per heavy atom. The molecule has 0 aromatic carbocycles. The van der Waals surface area contributed by atoms with Crippen LogP contribution in [0.25, 0.3) is 0 Å². The van der Waals surface area contributed by atoms with Crippen molar-refractivity contribution in [2.24, 2.45) is 5.92 Å². The van der Waals surface area contributed by atoms with Gasteiger partial charge >= 0.3 is 6.09 Å². The van der Waals surface area contributed by atoms with Crippen LogP contribution in [0.4, 0.5) is 4.79 Å². The molecule has 1 atom stereocenters. The van der Waals surface area contributed by atoms with Gasteiger partial charge in [-0.1, -0.05) is 33.0 Å². The van der Waals surface area contributed by atoms with Crippen molar-refractivity contribution in [3.8, 4) is 0 Å². The normalized spacial score (nSPS) is 18.1. The van der Waals surface area contributed by atoms with Crippen molar-refractivity contribution in [2.45, 2.75) is 71.4 Å². The summed E-state index contributed by atoms with van der Waals surface area (Å²) in [5.74, 6) is 0.185. The Labute approximate surface area is 162 Å². The van der Waals surface area contributed by atoms with Gasteiger partial charge in [-0.3, -0.25) is 4.79 Å². The molecule has 0 spiro atoms. The number of likely N-dealkylation sites (tertiary alicyclic amines) is 1. The Kier molecular flexibility index (Phi) is 7.61. The maximum atomic E-state index is 12.5. The third kappa shape index (κ3) is 6.46. The number of aryl methyl sites for hydroxylation is 1. The van der Waals surface area contributed by atoms with Gasteiger partial charge in [-0.15, -0.1) is 0 Å². The average molecular weight is 396 g/mol. The van der Waals surface area contributed by atoms with Crippen molar-refractivity contribution in [1.82, 2.24) is 14.5 Å². The minimum absolute atomic E-state index is 0.292. The van der Waals surface area contributed by atoms with Crippen molar-refractivity contribution < 1.29 is 19.4 Å². The lowest BCUT2D eigenvalue weighted by atomic mass is 9.93. The van der Waals surface area contributed by atoms with E-state index in [0.717, 1.165) is 41.9 Å². The molecule has 1 saturated heterocycles. The van der Waals surface area contributed by atoms with E-state index in [1.807, 2.05) is 10.8 Å². The molecule has 0 radical (unpaired) electrons. The van der Waals surface area contributed by atoms with Crippen molar-refractivity contribution >= 4 is 20.1 Å². The molecule has 1 unspecified atom stereocenters. The molecule has 1 aromatic heterocycles. The number of ether oxygens (including phenoxy) is 1. The van der Waals surface area contributed by atoms with Crippen LogP contribution >= 0.6 is 0 Å². The van der Waals surface area contributed by atoms with Gasteiger partial charge in [-0.25, -0.2) is 14.7 Å². The van der Waals surface area contributed by atoms with Gasteiger partial charge in [-0.2, -0.15) is 0 Å². The van der Waals surface area contributed by atoms with E-state index in [1.165, 1.54) is 0 Å². The van der Waals surface area contributed by atoms with Crippen LogP contribution in [0.1, 0.15) is 37.7 Å². The number of piperidine rings is 1. The third-order valence-corrected chi connectivity index (χ3v) is 6.56. The molecule has 1 aromatic rings. The molecule has 152 valence electrons. The summed E-state index contributed by atoms with van der Waals surface area (Å²) in [6.07, 6.45) is 4.61. The van der Waals surface area contributed by atoms with Gasteiger partial charge in [0.1, 0.15) is 12.6 Å². The first-order valence-corrected chi connectivity index (χ1v) is 13.6. The van der Waals surface area contributed by atoms with Gasteiger partial charge in [0, 0.05) is 39.8 Å². The number of amides is 2. The Bertz CT molecular complexity index is 654. The predicted molar refractivity (Wildman–Crippen MR) is 106 cm³/mol. The largest absolute Gasteiger partial charge is 0.465 e. The maximum Gasteiger partial charge on any atom is 0.414 e. The van der Waals surface area contributed by atoms with Crippen LogP contribution in [-0.4, -0.2) is 52.8 Å². The van der Waals surface area contributed by atoms with E-state index in [-0.39, 0.29) is 11.8 Å². The Hall–Kier alpha value is -1.67. The highest BCUT2D eigenvalue weighted by Gasteiger charge is 2.33. The molecular weight excluding hydrogens is 362 g/mol. The number of nitrogens with zero attached hydrogens (tertiary/aromatic N) is 3. The molecule has 2 heterocycles. The highest BCUT2D eigenvalue weighted by atomic mass is 28.3. The summed E-state index contributed by atoms with van der Waals surface area (Å²) in [6, 6.07) is 1.10. The standard InChI is InChI=1S/C19H33N3O4Si/c1-5-7-16-13-21(14-26-10-11-27(2,3)4)17(20-16)12-15-8-6-9-22(18(15)23)19(24)25/h13,15H,5-12,14H2,1-4H3,(H,24,25). The number of carboxylic acid groups (broad SMARTS) is 1. The van der Waals surface area contributed by atoms with Crippen LogP contribution in [0.15, 0.2) is 6.20 Å². The monoisotopic (exact) mass is 395 g/mol. The van der Waals surface area contributed by atoms with Crippen molar-refractivity contribution in [1.29, 1.82) is 0 Å². The van der Waals surface area contributed by atoms with Gasteiger partial charge < -0.3 is 14.4 Å². The summed E-state index contributed by atoms with van der Waals surface area (Å²) in [4.78, 5) is 29.4. The summed E-state index contributed by atoms with van der Waals surface area (Å²) in [5, 5.41) is 9.20. The highest BCUT2D eigenvalue weighted by Crippen LogP contribution is 2.23. The fraction of sp³-hybridized carbons (Fsp3) is 0.737. The lowest BCUT2D eigenvalue weighted by molar-refractivity contribution is -0.136. The fourth-order valence-electron chi connectivity index (χ4n) is 3.26. The number of rotatable bonds is 9. The van der Waals surface area contributed by atoms with Gasteiger partial charge in [0.2, 0.25) is 5.91 Å². The lowest BCUT2D eigenvalue weighted by Gasteiger charge is -2.28. The van der Waals surface area contributed by atoms with Gasteiger partial charge in [-0.05, 0) is 25.3 Å². The van der Waals surface area contributed by atoms with Crippen LogP contribution < -0.4 is 0 Å². The quantitative estimate of drug-likeness (QED) is 0.510. The molecule has 0 bridgehead atoms. The maximum absolute atomic E-state index is 12.5. The number of carbonyl (C=O) groups excluding carboxylic acids is 1. The molecule has 1 N–H and O–H groups in total. The fourth-order valence-corrected chi connectivity index (χ4v) is 4.01. The molecule has 7 nitrogen and oxygen atoms in total. The molecule has 2 rings (SSSR count). The van der Waals surface area contributed by atoms with Crippen LogP contribution in [0.3, 0.4) is 0 Å². The zero-order valence-corrected chi connectivity index (χ0v) is 18.0. The minimum Gasteiger partial charge on any atom is -0.465 e. The number of imide groups is 1. The number of hydrogen-bond donors (Lipinski definition) is 1. The molecule has 0 aliphatic carbocycles. The Morgan fingerprint density at radius 1 is 1.41 bits per heavy atom. The first kappa shape index (κ1) is 21.6. The van der Waals surface area contributed by atoms with Crippen LogP contribution in [-0.2, 0) is 29.1 Å². The summed E-state index contributed by atoms with van der Waals surface area (Å²) in [6.45, 7) is 10.5. The van der Waals surface area contributed by atoms with E-state index in [9.17, 15) is 14.7 Å². The Balaban J connectivity index is 2.05. The summed E-state index contributed by atoms with van der Waals surface area (Å²) >= 11 is 0. The van der Waals surface area contributed by atoms with E-state index in [0.29, 0.717) is 32.5 Å². The molecule has 1 aliphatic rings. The molecular formula is C19H33N3O4Si. The predicted octanol–water partition coefficient (Wildman–Crippen LogP) is 3.61. The van der Waals surface area contributed by atoms with Crippen molar-refractivity contribution in [2.75, 3.05) is 13.2 Å². The van der Waals surface area contributed by atoms with E-state index in [1.54, 1.807) is 0 Å². The summed E-state index contributed by atoms with van der Waals surface area (Å²) in [5.41, 5.74) is 1.000. The molecule has 0 saturated carbocycles. The lowest BCUT2D eigenvalue weighted by Crippen LogP contribution is -2.45. The smallest absolute Gasteiger partial charge is 0.414 e. The first-order valence-electron chi connectivity index (χ1n) is 9.88. The molecule has 8 heteroatoms. The van der Waals surface area contributed by atoms with E-state index in [2.05, 4.69) is 26.6 Å². The molecule has 2 amide bonds. The molecule has 1 aliphatic heterocycles. The number of carbonyl (C=O) groups is 2. The second-order valence-corrected chi connectivity index (χ2v) is 14.2. The second kappa shape index (κ2) is 9.50. The van der Waals surface area contributed by atoms with Crippen molar-refractivity contribution in [3.05, 3.63) is 17.7 Å². The number of imidazole rings is 1. The minimum atomic E-state index is -1.16. The summed E-state index contributed by atoms with van der Waals surface area (Å²) in [7, 11) is -1.13. The zero-order chi connectivity index (χ0) is 20.0. The highest BCUT2D eigenvalue weighted by molar-refractivity contribution is 6.76. The van der Waals surface area contributed by atoms with Gasteiger partial charge in [0.15, 0.2) is 0 Å². The number of hydrogen-bond acceptors (Lipinski definition) is 4. The third-order valence-electron chi connectivity index (χ3n) is 4.85. The molecule has 27 heavy (non-hydrogen) atoms. The van der Waals surface area contributed by atoms with Gasteiger partial charge in [0.25, 0.3) is 0 Å². The number of aromatic nitrogens is 2. The second-order valence-electron chi connectivity index (χ2n) is 8.53. The SMILES string of the molecule is CCCc1cn(COCC[Si](C)(C)C)c(CC2CCCN(C(=O)O)C2=O)n1. The van der Waals surface area contributed by atoms with E-state index >= 15 is 0 Å². The van der Waals surface area contributed by atoms with Crippen LogP contribution in [0.2, 0.25) is 25.7 Å². The van der Waals surface area contributed by atoms with E-state index in [4.69, 9.17) is 9.72 Å². The average Bonchev–Trinajstić information content (AvgIpc) is 2.94.